The van der Waals surface area contributed by atoms with Crippen molar-refractivity contribution < 1.29 is 4.52 Å². The molecule has 0 radical (unpaired) electrons. The van der Waals surface area contributed by atoms with Gasteiger partial charge in [-0.1, -0.05) is 19.0 Å². The van der Waals surface area contributed by atoms with Crippen molar-refractivity contribution in [3.63, 3.8) is 0 Å². The number of anilines is 1. The van der Waals surface area contributed by atoms with E-state index in [0.717, 1.165) is 11.5 Å². The highest BCUT2D eigenvalue weighted by Crippen LogP contribution is 2.22. The lowest BCUT2D eigenvalue weighted by atomic mass is 10.3. The summed E-state index contributed by atoms with van der Waals surface area (Å²) >= 11 is 1.79. The van der Waals surface area contributed by atoms with E-state index in [1.54, 1.807) is 18.0 Å². The number of hydrogen-bond donors (Lipinski definition) is 2. The summed E-state index contributed by atoms with van der Waals surface area (Å²) in [7, 11) is 0. The third-order valence-electron chi connectivity index (χ3n) is 2.05. The number of nitrogens with one attached hydrogen (secondary N) is 1. The molecule has 0 amide bonds. The average molecular weight is 253 g/mol. The van der Waals surface area contributed by atoms with E-state index < -0.39 is 0 Å². The van der Waals surface area contributed by atoms with E-state index in [9.17, 15) is 0 Å². The van der Waals surface area contributed by atoms with E-state index in [0.29, 0.717) is 29.0 Å². The highest BCUT2D eigenvalue weighted by molar-refractivity contribution is 7.98. The Kier molecular flexibility index (Phi) is 3.68. The van der Waals surface area contributed by atoms with E-state index in [4.69, 9.17) is 10.3 Å². The molecule has 0 aliphatic heterocycles. The number of thioether (sulfide) groups is 1. The summed E-state index contributed by atoms with van der Waals surface area (Å²) in [6.45, 7) is 4.36. The molecular formula is C10H15N5OS. The van der Waals surface area contributed by atoms with Crippen molar-refractivity contribution in [3.8, 4) is 11.5 Å². The Morgan fingerprint density at radius 3 is 3.00 bits per heavy atom. The first-order chi connectivity index (χ1) is 8.16. The van der Waals surface area contributed by atoms with Crippen molar-refractivity contribution in [3.05, 3.63) is 12.0 Å². The molecular weight excluding hydrogens is 238 g/mol. The van der Waals surface area contributed by atoms with Crippen molar-refractivity contribution >= 4 is 17.6 Å². The predicted molar refractivity (Wildman–Crippen MR) is 67.3 cm³/mol. The molecule has 6 nitrogen and oxygen atoms in total. The Balaban J connectivity index is 1.99. The van der Waals surface area contributed by atoms with Gasteiger partial charge in [0.2, 0.25) is 0 Å². The quantitative estimate of drug-likeness (QED) is 0.845. The van der Waals surface area contributed by atoms with Crippen molar-refractivity contribution in [1.82, 2.24) is 20.3 Å². The van der Waals surface area contributed by atoms with Crippen LogP contribution in [0, 0.1) is 5.92 Å². The van der Waals surface area contributed by atoms with Gasteiger partial charge in [-0.2, -0.15) is 21.8 Å². The van der Waals surface area contributed by atoms with Crippen LogP contribution >= 0.6 is 11.8 Å². The van der Waals surface area contributed by atoms with Crippen molar-refractivity contribution in [2.24, 2.45) is 5.92 Å². The van der Waals surface area contributed by atoms with E-state index >= 15 is 0 Å². The van der Waals surface area contributed by atoms with Crippen LogP contribution in [0.2, 0.25) is 0 Å². The van der Waals surface area contributed by atoms with Gasteiger partial charge in [0.25, 0.3) is 5.89 Å². The predicted octanol–water partition coefficient (Wildman–Crippen LogP) is 1.93. The molecule has 0 aliphatic carbocycles. The Morgan fingerprint density at radius 1 is 1.53 bits per heavy atom. The molecule has 0 aliphatic rings. The Morgan fingerprint density at radius 2 is 2.35 bits per heavy atom. The van der Waals surface area contributed by atoms with E-state index in [-0.39, 0.29) is 0 Å². The van der Waals surface area contributed by atoms with E-state index in [1.807, 2.05) is 0 Å². The first-order valence-electron chi connectivity index (χ1n) is 5.36. The Hall–Kier alpha value is -1.50. The highest BCUT2D eigenvalue weighted by Gasteiger charge is 2.13. The number of aromatic amines is 1. The molecule has 2 heterocycles. The SMILES string of the molecule is CC(C)CSCc1noc(-c2cn[nH]c2N)n1. The minimum absolute atomic E-state index is 0.413. The fourth-order valence-corrected chi connectivity index (χ4v) is 2.16. The molecule has 0 fully saturated rings. The number of hydrogen-bond acceptors (Lipinski definition) is 6. The van der Waals surface area contributed by atoms with Crippen LogP contribution in [0.1, 0.15) is 19.7 Å². The second kappa shape index (κ2) is 5.22. The number of nitrogens with two attached hydrogens (primary N) is 1. The molecule has 17 heavy (non-hydrogen) atoms. The molecule has 3 N–H and O–H groups in total. The zero-order valence-electron chi connectivity index (χ0n) is 9.80. The summed E-state index contributed by atoms with van der Waals surface area (Å²) < 4.78 is 5.13. The molecule has 0 atom stereocenters. The first kappa shape index (κ1) is 12.0. The minimum atomic E-state index is 0.413. The summed E-state index contributed by atoms with van der Waals surface area (Å²) in [5.41, 5.74) is 6.32. The summed E-state index contributed by atoms with van der Waals surface area (Å²) in [6, 6.07) is 0. The second-order valence-corrected chi connectivity index (χ2v) is 5.15. The van der Waals surface area contributed by atoms with Gasteiger partial charge in [-0.15, -0.1) is 0 Å². The smallest absolute Gasteiger partial charge is 0.263 e. The number of nitrogens with zero attached hydrogens (tertiary/aromatic N) is 3. The fraction of sp³-hybridized carbons (Fsp3) is 0.500. The van der Waals surface area contributed by atoms with Gasteiger partial charge >= 0.3 is 0 Å². The lowest BCUT2D eigenvalue weighted by molar-refractivity contribution is 0.425. The summed E-state index contributed by atoms with van der Waals surface area (Å²) in [5, 5.41) is 10.3. The molecule has 0 saturated heterocycles. The molecule has 0 saturated carbocycles. The van der Waals surface area contributed by atoms with E-state index in [2.05, 4.69) is 34.2 Å². The minimum Gasteiger partial charge on any atom is -0.383 e. The molecule has 0 unspecified atom stereocenters. The molecule has 7 heteroatoms. The monoisotopic (exact) mass is 253 g/mol. The molecule has 2 rings (SSSR count). The summed E-state index contributed by atoms with van der Waals surface area (Å²) in [6.07, 6.45) is 1.58. The van der Waals surface area contributed by atoms with Crippen LogP contribution < -0.4 is 5.73 Å². The molecule has 0 aromatic carbocycles. The van der Waals surface area contributed by atoms with Crippen LogP contribution in [-0.2, 0) is 5.75 Å². The molecule has 92 valence electrons. The largest absolute Gasteiger partial charge is 0.383 e. The number of rotatable bonds is 5. The average Bonchev–Trinajstić information content (AvgIpc) is 2.86. The van der Waals surface area contributed by atoms with E-state index in [1.165, 1.54) is 0 Å². The van der Waals surface area contributed by atoms with Crippen LogP contribution in [0.25, 0.3) is 11.5 Å². The highest BCUT2D eigenvalue weighted by atomic mass is 32.2. The number of H-pyrrole nitrogens is 1. The van der Waals surface area contributed by atoms with Gasteiger partial charge in [0.15, 0.2) is 5.82 Å². The topological polar surface area (TPSA) is 93.6 Å². The van der Waals surface area contributed by atoms with Crippen LogP contribution in [0.5, 0.6) is 0 Å². The zero-order chi connectivity index (χ0) is 12.3. The van der Waals surface area contributed by atoms with Crippen LogP contribution in [0.15, 0.2) is 10.7 Å². The third-order valence-corrected chi connectivity index (χ3v) is 3.41. The maximum absolute atomic E-state index is 5.67. The summed E-state index contributed by atoms with van der Waals surface area (Å²) in [4.78, 5) is 4.27. The molecule has 2 aromatic rings. The molecule has 0 bridgehead atoms. The summed E-state index contributed by atoms with van der Waals surface area (Å²) in [5.74, 6) is 4.03. The van der Waals surface area contributed by atoms with Crippen LogP contribution in [-0.4, -0.2) is 26.1 Å². The van der Waals surface area contributed by atoms with Crippen molar-refractivity contribution in [2.75, 3.05) is 11.5 Å². The van der Waals surface area contributed by atoms with Crippen LogP contribution in [0.4, 0.5) is 5.82 Å². The number of aromatic nitrogens is 4. The molecule has 2 aromatic heterocycles. The Bertz CT molecular complexity index is 479. The molecule has 0 spiro atoms. The van der Waals surface area contributed by atoms with Gasteiger partial charge in [0.1, 0.15) is 11.4 Å². The van der Waals surface area contributed by atoms with Gasteiger partial charge in [-0.25, -0.2) is 0 Å². The maximum Gasteiger partial charge on any atom is 0.263 e. The lowest BCUT2D eigenvalue weighted by Gasteiger charge is -2.00. The second-order valence-electron chi connectivity index (χ2n) is 4.12. The van der Waals surface area contributed by atoms with Crippen molar-refractivity contribution in [1.29, 1.82) is 0 Å². The van der Waals surface area contributed by atoms with Gasteiger partial charge in [0.05, 0.1) is 11.9 Å². The first-order valence-corrected chi connectivity index (χ1v) is 6.52. The van der Waals surface area contributed by atoms with Gasteiger partial charge in [-0.05, 0) is 11.7 Å². The zero-order valence-corrected chi connectivity index (χ0v) is 10.6. The van der Waals surface area contributed by atoms with Crippen LogP contribution in [0.3, 0.4) is 0 Å². The maximum atomic E-state index is 5.67. The third kappa shape index (κ3) is 3.00. The Labute approximate surface area is 103 Å². The lowest BCUT2D eigenvalue weighted by Crippen LogP contribution is -1.92. The van der Waals surface area contributed by atoms with Crippen molar-refractivity contribution in [2.45, 2.75) is 19.6 Å². The van der Waals surface area contributed by atoms with Gasteiger partial charge < -0.3 is 10.3 Å². The number of nitrogen functional groups attached to an aromatic ring is 1. The van der Waals surface area contributed by atoms with Gasteiger partial charge in [-0.3, -0.25) is 5.10 Å². The standard InChI is InChI=1S/C10H15N5OS/c1-6(2)4-17-5-8-13-10(16-15-8)7-3-12-14-9(7)11/h3,6H,4-5H2,1-2H3,(H3,11,12,14). The fourth-order valence-electron chi connectivity index (χ4n) is 1.27. The normalized spacial score (nSPS) is 11.2. The van der Waals surface area contributed by atoms with Gasteiger partial charge in [0, 0.05) is 0 Å².